The zero-order chi connectivity index (χ0) is 12.1. The lowest BCUT2D eigenvalue weighted by atomic mass is 10.5. The fourth-order valence-electron chi connectivity index (χ4n) is 1.09. The van der Waals surface area contributed by atoms with Gasteiger partial charge in [-0.05, 0) is 35.0 Å². The van der Waals surface area contributed by atoms with E-state index >= 15 is 0 Å². The van der Waals surface area contributed by atoms with Crippen LogP contribution in [-0.4, -0.2) is 21.8 Å². The number of pyridine rings is 1. The predicted molar refractivity (Wildman–Crippen MR) is 72.6 cm³/mol. The molecule has 0 aliphatic heterocycles. The summed E-state index contributed by atoms with van der Waals surface area (Å²) >= 11 is 6.56. The summed E-state index contributed by atoms with van der Waals surface area (Å²) in [7, 11) is 0. The van der Waals surface area contributed by atoms with Crippen molar-refractivity contribution in [2.75, 3.05) is 6.61 Å². The van der Waals surface area contributed by atoms with Gasteiger partial charge in [-0.25, -0.2) is 4.98 Å². The first-order valence-corrected chi connectivity index (χ1v) is 7.57. The van der Waals surface area contributed by atoms with Crippen LogP contribution in [0.25, 0.3) is 0 Å². The van der Waals surface area contributed by atoms with Crippen LogP contribution in [0.4, 0.5) is 0 Å². The summed E-state index contributed by atoms with van der Waals surface area (Å²) in [6.07, 6.45) is 1.78. The number of thioether (sulfide) groups is 1. The van der Waals surface area contributed by atoms with Crippen LogP contribution in [-0.2, 0) is 5.75 Å². The molecule has 17 heavy (non-hydrogen) atoms. The number of aromatic nitrogens is 3. The molecule has 0 aliphatic carbocycles. The Morgan fingerprint density at radius 1 is 1.47 bits per heavy atom. The van der Waals surface area contributed by atoms with Crippen molar-refractivity contribution in [1.82, 2.24) is 15.2 Å². The van der Waals surface area contributed by atoms with Crippen LogP contribution in [0.15, 0.2) is 27.8 Å². The molecule has 0 saturated heterocycles. The third kappa shape index (κ3) is 3.65. The molecule has 0 amide bonds. The standard InChI is InChI=1S/C10H10BrN3OS2/c1-2-15-10-14-13-8(17-10)6-16-9-7(11)4-3-5-12-9/h3-5H,2,6H2,1H3. The molecule has 0 N–H and O–H groups in total. The van der Waals surface area contributed by atoms with E-state index in [9.17, 15) is 0 Å². The second-order valence-electron chi connectivity index (χ2n) is 2.97. The van der Waals surface area contributed by atoms with Gasteiger partial charge < -0.3 is 4.74 Å². The number of nitrogens with zero attached hydrogens (tertiary/aromatic N) is 3. The summed E-state index contributed by atoms with van der Waals surface area (Å²) in [6.45, 7) is 2.55. The first kappa shape index (κ1) is 12.8. The molecule has 2 aromatic rings. The van der Waals surface area contributed by atoms with Gasteiger partial charge in [-0.1, -0.05) is 23.1 Å². The number of hydrogen-bond donors (Lipinski definition) is 0. The van der Waals surface area contributed by atoms with Crippen molar-refractivity contribution in [1.29, 1.82) is 0 Å². The van der Waals surface area contributed by atoms with E-state index in [-0.39, 0.29) is 0 Å². The minimum atomic E-state index is 0.619. The molecule has 2 heterocycles. The van der Waals surface area contributed by atoms with Gasteiger partial charge in [-0.3, -0.25) is 0 Å². The molecule has 0 unspecified atom stereocenters. The second kappa shape index (κ2) is 6.32. The van der Waals surface area contributed by atoms with Gasteiger partial charge in [-0.15, -0.1) is 10.2 Å². The van der Waals surface area contributed by atoms with E-state index in [0.717, 1.165) is 20.3 Å². The Hall–Kier alpha value is -0.660. The van der Waals surface area contributed by atoms with E-state index in [1.54, 1.807) is 18.0 Å². The molecule has 2 rings (SSSR count). The Morgan fingerprint density at radius 2 is 2.35 bits per heavy atom. The first-order valence-electron chi connectivity index (χ1n) is 4.98. The summed E-state index contributed by atoms with van der Waals surface area (Å²) in [5.74, 6) is 0.750. The Labute approximate surface area is 116 Å². The number of halogens is 1. The molecule has 0 aromatic carbocycles. The highest BCUT2D eigenvalue weighted by Crippen LogP contribution is 2.29. The minimum Gasteiger partial charge on any atom is -0.469 e. The monoisotopic (exact) mass is 331 g/mol. The zero-order valence-electron chi connectivity index (χ0n) is 9.09. The molecular formula is C10H10BrN3OS2. The van der Waals surface area contributed by atoms with Crippen molar-refractivity contribution in [2.24, 2.45) is 0 Å². The second-order valence-corrected chi connectivity index (χ2v) is 5.82. The van der Waals surface area contributed by atoms with Crippen molar-refractivity contribution in [2.45, 2.75) is 17.7 Å². The topological polar surface area (TPSA) is 47.9 Å². The largest absolute Gasteiger partial charge is 0.469 e. The molecule has 0 spiro atoms. The minimum absolute atomic E-state index is 0.619. The van der Waals surface area contributed by atoms with E-state index < -0.39 is 0 Å². The lowest BCUT2D eigenvalue weighted by molar-refractivity contribution is 0.335. The first-order chi connectivity index (χ1) is 8.29. The van der Waals surface area contributed by atoms with Gasteiger partial charge in [0.25, 0.3) is 5.19 Å². The molecule has 0 atom stereocenters. The molecule has 0 bridgehead atoms. The fourth-order valence-corrected chi connectivity index (χ4v) is 3.30. The van der Waals surface area contributed by atoms with E-state index in [1.165, 1.54) is 11.3 Å². The van der Waals surface area contributed by atoms with Gasteiger partial charge in [0.05, 0.1) is 12.4 Å². The van der Waals surface area contributed by atoms with Gasteiger partial charge >= 0.3 is 0 Å². The quantitative estimate of drug-likeness (QED) is 0.786. The highest BCUT2D eigenvalue weighted by molar-refractivity contribution is 9.10. The normalized spacial score (nSPS) is 10.5. The van der Waals surface area contributed by atoms with Crippen molar-refractivity contribution in [3.05, 3.63) is 27.8 Å². The molecule has 2 aromatic heterocycles. The van der Waals surface area contributed by atoms with Gasteiger partial charge in [0, 0.05) is 10.7 Å². The average Bonchev–Trinajstić information content (AvgIpc) is 2.76. The van der Waals surface area contributed by atoms with Gasteiger partial charge in [0.2, 0.25) is 0 Å². The lowest BCUT2D eigenvalue weighted by Gasteiger charge is -1.99. The van der Waals surface area contributed by atoms with Crippen LogP contribution in [0.5, 0.6) is 5.19 Å². The lowest BCUT2D eigenvalue weighted by Crippen LogP contribution is -1.89. The van der Waals surface area contributed by atoms with Crippen LogP contribution >= 0.6 is 39.0 Å². The van der Waals surface area contributed by atoms with Crippen molar-refractivity contribution >= 4 is 39.0 Å². The Kier molecular flexibility index (Phi) is 4.75. The Balaban J connectivity index is 1.95. The maximum Gasteiger partial charge on any atom is 0.294 e. The number of ether oxygens (including phenoxy) is 1. The van der Waals surface area contributed by atoms with Crippen LogP contribution in [0.1, 0.15) is 11.9 Å². The maximum absolute atomic E-state index is 5.27. The van der Waals surface area contributed by atoms with Gasteiger partial charge in [-0.2, -0.15) is 0 Å². The molecule has 0 saturated carbocycles. The molecule has 0 fully saturated rings. The smallest absolute Gasteiger partial charge is 0.294 e. The molecule has 7 heteroatoms. The molecule has 4 nitrogen and oxygen atoms in total. The van der Waals surface area contributed by atoms with Crippen LogP contribution in [0.2, 0.25) is 0 Å². The molecule has 90 valence electrons. The van der Waals surface area contributed by atoms with Crippen LogP contribution < -0.4 is 4.74 Å². The molecule has 0 aliphatic rings. The highest BCUT2D eigenvalue weighted by Gasteiger charge is 2.07. The summed E-state index contributed by atoms with van der Waals surface area (Å²) in [5.41, 5.74) is 0. The predicted octanol–water partition coefficient (Wildman–Crippen LogP) is 3.39. The summed E-state index contributed by atoms with van der Waals surface area (Å²) in [4.78, 5) is 4.28. The highest BCUT2D eigenvalue weighted by atomic mass is 79.9. The van der Waals surface area contributed by atoms with Gasteiger partial charge in [0.15, 0.2) is 0 Å². The molecular weight excluding hydrogens is 322 g/mol. The van der Waals surface area contributed by atoms with Crippen LogP contribution in [0.3, 0.4) is 0 Å². The van der Waals surface area contributed by atoms with E-state index in [0.29, 0.717) is 11.8 Å². The van der Waals surface area contributed by atoms with E-state index in [1.807, 2.05) is 19.1 Å². The summed E-state index contributed by atoms with van der Waals surface area (Å²) in [6, 6.07) is 3.87. The average molecular weight is 332 g/mol. The number of hydrogen-bond acceptors (Lipinski definition) is 6. The van der Waals surface area contributed by atoms with Crippen molar-refractivity contribution < 1.29 is 4.74 Å². The number of rotatable bonds is 5. The third-order valence-electron chi connectivity index (χ3n) is 1.77. The SMILES string of the molecule is CCOc1nnc(CSc2ncccc2Br)s1. The maximum atomic E-state index is 5.27. The van der Waals surface area contributed by atoms with Crippen molar-refractivity contribution in [3.8, 4) is 5.19 Å². The van der Waals surface area contributed by atoms with Crippen molar-refractivity contribution in [3.63, 3.8) is 0 Å². The fraction of sp³-hybridized carbons (Fsp3) is 0.300. The van der Waals surface area contributed by atoms with Gasteiger partial charge in [0.1, 0.15) is 10.0 Å². The Bertz CT molecular complexity index is 492. The van der Waals surface area contributed by atoms with E-state index in [4.69, 9.17) is 4.74 Å². The van der Waals surface area contributed by atoms with E-state index in [2.05, 4.69) is 31.1 Å². The Morgan fingerprint density at radius 3 is 3.12 bits per heavy atom. The summed E-state index contributed by atoms with van der Waals surface area (Å²) in [5, 5.41) is 10.5. The molecule has 0 radical (unpaired) electrons. The van der Waals surface area contributed by atoms with Crippen LogP contribution in [0, 0.1) is 0 Å². The zero-order valence-corrected chi connectivity index (χ0v) is 12.3. The summed E-state index contributed by atoms with van der Waals surface area (Å²) < 4.78 is 6.27. The third-order valence-corrected chi connectivity index (χ3v) is 4.71.